The third-order valence-corrected chi connectivity index (χ3v) is 8.89. The van der Waals surface area contributed by atoms with E-state index >= 15 is 0 Å². The zero-order valence-electron chi connectivity index (χ0n) is 25.2. The lowest BCUT2D eigenvalue weighted by Crippen LogP contribution is -2.10. The van der Waals surface area contributed by atoms with Crippen molar-refractivity contribution in [2.75, 3.05) is 4.90 Å². The third kappa shape index (κ3) is 4.45. The van der Waals surface area contributed by atoms with E-state index in [-0.39, 0.29) is 0 Å². The fourth-order valence-electron chi connectivity index (χ4n) is 6.71. The minimum absolute atomic E-state index is 0.635. The van der Waals surface area contributed by atoms with Gasteiger partial charge in [0.05, 0.1) is 22.7 Å². The first-order valence-electron chi connectivity index (χ1n) is 15.6. The number of hydrogen-bond donors (Lipinski definition) is 0. The molecule has 0 spiro atoms. The fraction of sp³-hybridized carbons (Fsp3) is 0. The van der Waals surface area contributed by atoms with E-state index in [1.807, 2.05) is 66.7 Å². The summed E-state index contributed by atoms with van der Waals surface area (Å²) in [5, 5.41) is 13.8. The summed E-state index contributed by atoms with van der Waals surface area (Å²) < 4.78 is 12.8. The highest BCUT2D eigenvalue weighted by molar-refractivity contribution is 6.14. The molecule has 7 aromatic carbocycles. The lowest BCUT2D eigenvalue weighted by Gasteiger charge is -2.26. The molecule has 0 amide bonds. The van der Waals surface area contributed by atoms with E-state index in [1.54, 1.807) is 0 Å². The molecule has 0 atom stereocenters. The summed E-state index contributed by atoms with van der Waals surface area (Å²) in [6.45, 7) is 0. The summed E-state index contributed by atoms with van der Waals surface area (Å²) in [6, 6.07) is 56.1. The van der Waals surface area contributed by atoms with Crippen LogP contribution in [0.2, 0.25) is 0 Å². The van der Waals surface area contributed by atoms with Crippen molar-refractivity contribution in [1.82, 2.24) is 0 Å². The van der Waals surface area contributed by atoms with E-state index in [0.717, 1.165) is 83.2 Å². The van der Waals surface area contributed by atoms with Crippen LogP contribution in [0.1, 0.15) is 5.56 Å². The van der Waals surface area contributed by atoms with E-state index in [4.69, 9.17) is 8.83 Å². The Hall–Kier alpha value is -6.57. The molecule has 47 heavy (non-hydrogen) atoms. The number of anilines is 3. The summed E-state index contributed by atoms with van der Waals surface area (Å²) in [5.41, 5.74) is 11.3. The van der Waals surface area contributed by atoms with E-state index in [9.17, 15) is 5.26 Å². The molecule has 0 N–H and O–H groups in total. The number of para-hydroxylation sites is 3. The van der Waals surface area contributed by atoms with E-state index in [2.05, 4.69) is 102 Å². The molecule has 9 rings (SSSR count). The number of benzene rings is 7. The number of furan rings is 2. The van der Waals surface area contributed by atoms with Crippen molar-refractivity contribution in [1.29, 1.82) is 5.26 Å². The van der Waals surface area contributed by atoms with Gasteiger partial charge in [-0.15, -0.1) is 0 Å². The Kier molecular flexibility index (Phi) is 6.16. The van der Waals surface area contributed by atoms with Crippen molar-refractivity contribution in [2.45, 2.75) is 0 Å². The van der Waals surface area contributed by atoms with E-state index in [1.165, 1.54) is 0 Å². The smallest absolute Gasteiger partial charge is 0.143 e. The molecule has 0 aliphatic heterocycles. The zero-order chi connectivity index (χ0) is 31.3. The number of nitrogens with zero attached hydrogens (tertiary/aromatic N) is 2. The van der Waals surface area contributed by atoms with Crippen molar-refractivity contribution < 1.29 is 8.83 Å². The topological polar surface area (TPSA) is 53.3 Å². The first-order valence-corrected chi connectivity index (χ1v) is 15.6. The van der Waals surface area contributed by atoms with E-state index < -0.39 is 0 Å². The highest BCUT2D eigenvalue weighted by atomic mass is 16.3. The van der Waals surface area contributed by atoms with Crippen LogP contribution in [0.4, 0.5) is 17.1 Å². The zero-order valence-corrected chi connectivity index (χ0v) is 25.2. The molecule has 0 bridgehead atoms. The van der Waals surface area contributed by atoms with Gasteiger partial charge in [0.15, 0.2) is 0 Å². The summed E-state index contributed by atoms with van der Waals surface area (Å²) in [7, 11) is 0. The highest BCUT2D eigenvalue weighted by Gasteiger charge is 2.20. The van der Waals surface area contributed by atoms with Crippen LogP contribution in [0.3, 0.4) is 0 Å². The van der Waals surface area contributed by atoms with Gasteiger partial charge in [0, 0.05) is 33.1 Å². The Morgan fingerprint density at radius 2 is 1.15 bits per heavy atom. The fourth-order valence-corrected chi connectivity index (χ4v) is 6.71. The molecule has 0 unspecified atom stereocenters. The van der Waals surface area contributed by atoms with Gasteiger partial charge in [-0.05, 0) is 83.4 Å². The summed E-state index contributed by atoms with van der Waals surface area (Å²) in [4.78, 5) is 2.28. The van der Waals surface area contributed by atoms with Crippen LogP contribution in [0, 0.1) is 11.3 Å². The van der Waals surface area contributed by atoms with Gasteiger partial charge < -0.3 is 13.7 Å². The maximum atomic E-state index is 9.49. The van der Waals surface area contributed by atoms with Gasteiger partial charge in [0.1, 0.15) is 22.3 Å². The third-order valence-electron chi connectivity index (χ3n) is 8.89. The maximum Gasteiger partial charge on any atom is 0.143 e. The standard InChI is InChI=1S/C43H26N2O2/c44-27-28-9-6-10-30(25-28)31-21-24-40-37(26-31)42-38(16-8-18-41(42)46-40)45(32-11-2-1-3-12-32)33-22-19-29(20-23-33)34-14-7-15-36-35-13-4-5-17-39(35)47-43(34)36/h1-26H. The SMILES string of the molecule is N#Cc1cccc(-c2ccc3oc4cccc(N(c5ccccc5)c5ccc(-c6cccc7c6oc6ccccc67)cc5)c4c3c2)c1. The molecule has 4 heteroatoms. The minimum atomic E-state index is 0.635. The normalized spacial score (nSPS) is 11.4. The lowest BCUT2D eigenvalue weighted by atomic mass is 10.00. The van der Waals surface area contributed by atoms with Crippen LogP contribution >= 0.6 is 0 Å². The molecule has 220 valence electrons. The highest BCUT2D eigenvalue weighted by Crippen LogP contribution is 2.44. The molecule has 0 aliphatic rings. The molecule has 9 aromatic rings. The second-order valence-electron chi connectivity index (χ2n) is 11.7. The van der Waals surface area contributed by atoms with Crippen molar-refractivity contribution in [3.63, 3.8) is 0 Å². The average molecular weight is 603 g/mol. The maximum absolute atomic E-state index is 9.49. The van der Waals surface area contributed by atoms with Crippen molar-refractivity contribution in [3.8, 4) is 28.3 Å². The first kappa shape index (κ1) is 26.8. The Balaban J connectivity index is 1.21. The van der Waals surface area contributed by atoms with Crippen molar-refractivity contribution in [3.05, 3.63) is 163 Å². The Morgan fingerprint density at radius 1 is 0.468 bits per heavy atom. The van der Waals surface area contributed by atoms with Gasteiger partial charge in [-0.25, -0.2) is 0 Å². The quantitative estimate of drug-likeness (QED) is 0.197. The molecule has 0 saturated heterocycles. The van der Waals surface area contributed by atoms with Crippen LogP contribution < -0.4 is 4.90 Å². The average Bonchev–Trinajstić information content (AvgIpc) is 3.71. The molecule has 2 aromatic heterocycles. The number of hydrogen-bond acceptors (Lipinski definition) is 4. The number of fused-ring (bicyclic) bond motifs is 6. The van der Waals surface area contributed by atoms with Gasteiger partial charge in [-0.1, -0.05) is 91.0 Å². The predicted octanol–water partition coefficient (Wildman–Crippen LogP) is 12.2. The minimum Gasteiger partial charge on any atom is -0.456 e. The molecule has 0 radical (unpaired) electrons. The monoisotopic (exact) mass is 602 g/mol. The lowest BCUT2D eigenvalue weighted by molar-refractivity contribution is 0.669. The molecule has 0 fully saturated rings. The first-order chi connectivity index (χ1) is 23.2. The van der Waals surface area contributed by atoms with Crippen LogP contribution in [-0.4, -0.2) is 0 Å². The van der Waals surface area contributed by atoms with Gasteiger partial charge in [0.2, 0.25) is 0 Å². The molecule has 4 nitrogen and oxygen atoms in total. The van der Waals surface area contributed by atoms with Gasteiger partial charge in [0.25, 0.3) is 0 Å². The van der Waals surface area contributed by atoms with Gasteiger partial charge >= 0.3 is 0 Å². The second-order valence-corrected chi connectivity index (χ2v) is 11.7. The largest absolute Gasteiger partial charge is 0.456 e. The Morgan fingerprint density at radius 3 is 2.02 bits per heavy atom. The molecule has 2 heterocycles. The molecular formula is C43H26N2O2. The Labute approximate surface area is 270 Å². The van der Waals surface area contributed by atoms with Gasteiger partial charge in [-0.2, -0.15) is 5.26 Å². The number of rotatable bonds is 5. The molecule has 0 aliphatic carbocycles. The van der Waals surface area contributed by atoms with Crippen LogP contribution in [0.15, 0.2) is 167 Å². The number of nitriles is 1. The van der Waals surface area contributed by atoms with Crippen LogP contribution in [-0.2, 0) is 0 Å². The van der Waals surface area contributed by atoms with Crippen molar-refractivity contribution >= 4 is 60.9 Å². The van der Waals surface area contributed by atoms with Crippen molar-refractivity contribution in [2.24, 2.45) is 0 Å². The summed E-state index contributed by atoms with van der Waals surface area (Å²) in [5.74, 6) is 0. The molecule has 0 saturated carbocycles. The van der Waals surface area contributed by atoms with E-state index in [0.29, 0.717) is 5.56 Å². The Bertz CT molecular complexity index is 2640. The van der Waals surface area contributed by atoms with Gasteiger partial charge in [-0.3, -0.25) is 0 Å². The van der Waals surface area contributed by atoms with Crippen LogP contribution in [0.5, 0.6) is 0 Å². The second kappa shape index (κ2) is 10.8. The molecular weight excluding hydrogens is 576 g/mol. The summed E-state index contributed by atoms with van der Waals surface area (Å²) in [6.07, 6.45) is 0. The predicted molar refractivity (Wildman–Crippen MR) is 191 cm³/mol. The summed E-state index contributed by atoms with van der Waals surface area (Å²) >= 11 is 0. The van der Waals surface area contributed by atoms with Crippen LogP contribution in [0.25, 0.3) is 66.1 Å².